The van der Waals surface area contributed by atoms with Crippen LogP contribution >= 0.6 is 0 Å². The topological polar surface area (TPSA) is 82.8 Å². The molecule has 2 aromatic rings. The number of β-amino-alcohol motifs (C(OH)–C–C–N with tert-alkyl or cyclic N) is 1. The zero-order chi connectivity index (χ0) is 18.0. The number of aryl methyl sites for hydroxylation is 1. The van der Waals surface area contributed by atoms with E-state index in [9.17, 15) is 19.8 Å². The van der Waals surface area contributed by atoms with E-state index in [1.165, 1.54) is 4.90 Å². The maximum atomic E-state index is 12.6. The number of piperidine rings is 1. The van der Waals surface area contributed by atoms with E-state index < -0.39 is 17.5 Å². The van der Waals surface area contributed by atoms with Crippen LogP contribution < -0.4 is 0 Å². The molecule has 1 fully saturated rings. The largest absolute Gasteiger partial charge is 0.481 e. The van der Waals surface area contributed by atoms with E-state index in [4.69, 9.17) is 0 Å². The Morgan fingerprint density at radius 3 is 2.48 bits per heavy atom. The maximum absolute atomic E-state index is 12.6. The molecule has 0 saturated carbocycles. The molecule has 132 valence electrons. The van der Waals surface area contributed by atoms with Crippen molar-refractivity contribution in [1.82, 2.24) is 9.47 Å². The monoisotopic (exact) mass is 342 g/mol. The minimum absolute atomic E-state index is 0.0170. The SMILES string of the molecule is Cn1cccc1C(=O)N1CC[C@](Cc2ccccc2)(C(=O)O)[C@H](O)C1. The summed E-state index contributed by atoms with van der Waals surface area (Å²) in [5, 5.41) is 20.5. The Morgan fingerprint density at radius 2 is 1.92 bits per heavy atom. The summed E-state index contributed by atoms with van der Waals surface area (Å²) in [6.07, 6.45) is 1.12. The third kappa shape index (κ3) is 3.17. The molecule has 1 aliphatic heterocycles. The Balaban J connectivity index is 1.80. The number of carboxylic acid groups (broad SMARTS) is 1. The molecule has 6 nitrogen and oxygen atoms in total. The molecule has 6 heteroatoms. The number of aromatic nitrogens is 1. The molecule has 0 unspecified atom stereocenters. The summed E-state index contributed by atoms with van der Waals surface area (Å²) < 4.78 is 1.72. The van der Waals surface area contributed by atoms with Crippen molar-refractivity contribution in [3.8, 4) is 0 Å². The van der Waals surface area contributed by atoms with Gasteiger partial charge in [-0.3, -0.25) is 9.59 Å². The fourth-order valence-electron chi connectivity index (χ4n) is 3.50. The highest BCUT2D eigenvalue weighted by Gasteiger charge is 2.49. The number of amides is 1. The van der Waals surface area contributed by atoms with Gasteiger partial charge < -0.3 is 19.7 Å². The lowest BCUT2D eigenvalue weighted by molar-refractivity contribution is -0.161. The Labute approximate surface area is 146 Å². The van der Waals surface area contributed by atoms with Gasteiger partial charge in [0.25, 0.3) is 5.91 Å². The van der Waals surface area contributed by atoms with Crippen molar-refractivity contribution >= 4 is 11.9 Å². The van der Waals surface area contributed by atoms with E-state index in [0.29, 0.717) is 12.2 Å². The predicted molar refractivity (Wildman–Crippen MR) is 92.2 cm³/mol. The van der Waals surface area contributed by atoms with E-state index in [0.717, 1.165) is 5.56 Å². The number of rotatable bonds is 4. The third-order valence-corrected chi connectivity index (χ3v) is 5.10. The number of hydrogen-bond acceptors (Lipinski definition) is 3. The van der Waals surface area contributed by atoms with E-state index >= 15 is 0 Å². The van der Waals surface area contributed by atoms with Gasteiger partial charge in [-0.05, 0) is 30.5 Å². The van der Waals surface area contributed by atoms with Crippen molar-refractivity contribution in [2.24, 2.45) is 12.5 Å². The van der Waals surface area contributed by atoms with E-state index in [2.05, 4.69) is 0 Å². The molecular formula is C19H22N2O4. The third-order valence-electron chi connectivity index (χ3n) is 5.10. The summed E-state index contributed by atoms with van der Waals surface area (Å²) in [4.78, 5) is 26.1. The van der Waals surface area contributed by atoms with Crippen LogP contribution in [0.3, 0.4) is 0 Å². The van der Waals surface area contributed by atoms with Crippen LogP contribution in [0.25, 0.3) is 0 Å². The van der Waals surface area contributed by atoms with Crippen molar-refractivity contribution < 1.29 is 19.8 Å². The zero-order valence-electron chi connectivity index (χ0n) is 14.1. The van der Waals surface area contributed by atoms with Gasteiger partial charge in [0, 0.05) is 26.3 Å². The summed E-state index contributed by atoms with van der Waals surface area (Å²) >= 11 is 0. The van der Waals surface area contributed by atoms with Gasteiger partial charge in [-0.1, -0.05) is 30.3 Å². The minimum atomic E-state index is -1.27. The number of benzene rings is 1. The normalized spacial score (nSPS) is 23.4. The van der Waals surface area contributed by atoms with Gasteiger partial charge >= 0.3 is 5.97 Å². The van der Waals surface area contributed by atoms with E-state index in [1.54, 1.807) is 29.9 Å². The quantitative estimate of drug-likeness (QED) is 0.883. The van der Waals surface area contributed by atoms with Gasteiger partial charge in [-0.2, -0.15) is 0 Å². The van der Waals surface area contributed by atoms with Crippen LogP contribution in [0.1, 0.15) is 22.5 Å². The van der Waals surface area contributed by atoms with Gasteiger partial charge in [0.2, 0.25) is 0 Å². The van der Waals surface area contributed by atoms with Gasteiger partial charge in [0.05, 0.1) is 6.10 Å². The number of aliphatic hydroxyl groups excluding tert-OH is 1. The van der Waals surface area contributed by atoms with Crippen LogP contribution in [0, 0.1) is 5.41 Å². The average Bonchev–Trinajstić information content (AvgIpc) is 3.02. The van der Waals surface area contributed by atoms with Crippen molar-refractivity contribution in [2.45, 2.75) is 18.9 Å². The average molecular weight is 342 g/mol. The molecule has 1 aromatic carbocycles. The van der Waals surface area contributed by atoms with Gasteiger partial charge in [-0.25, -0.2) is 0 Å². The van der Waals surface area contributed by atoms with Crippen molar-refractivity contribution in [2.75, 3.05) is 13.1 Å². The summed E-state index contributed by atoms with van der Waals surface area (Å²) in [6, 6.07) is 12.8. The number of likely N-dealkylation sites (tertiary alicyclic amines) is 1. The summed E-state index contributed by atoms with van der Waals surface area (Å²) in [7, 11) is 1.78. The molecule has 1 aromatic heterocycles. The Bertz CT molecular complexity index is 771. The molecule has 2 heterocycles. The zero-order valence-corrected chi connectivity index (χ0v) is 14.1. The molecule has 2 atom stereocenters. The highest BCUT2D eigenvalue weighted by molar-refractivity contribution is 5.93. The second-order valence-electron chi connectivity index (χ2n) is 6.64. The second-order valence-corrected chi connectivity index (χ2v) is 6.64. The molecule has 1 amide bonds. The Kier molecular flexibility index (Phi) is 4.63. The number of aliphatic carboxylic acids is 1. The Hall–Kier alpha value is -2.60. The van der Waals surface area contributed by atoms with Crippen molar-refractivity contribution in [3.05, 3.63) is 59.9 Å². The highest BCUT2D eigenvalue weighted by atomic mass is 16.4. The van der Waals surface area contributed by atoms with Crippen molar-refractivity contribution in [3.63, 3.8) is 0 Å². The van der Waals surface area contributed by atoms with E-state index in [1.807, 2.05) is 30.3 Å². The number of carbonyl (C=O) groups excluding carboxylic acids is 1. The molecular weight excluding hydrogens is 320 g/mol. The molecule has 1 aliphatic rings. The lowest BCUT2D eigenvalue weighted by Crippen LogP contribution is -2.57. The Morgan fingerprint density at radius 1 is 1.20 bits per heavy atom. The summed E-state index contributed by atoms with van der Waals surface area (Å²) in [5.74, 6) is -1.21. The van der Waals surface area contributed by atoms with Gasteiger partial charge in [-0.15, -0.1) is 0 Å². The molecule has 0 radical (unpaired) electrons. The predicted octanol–water partition coefficient (Wildman–Crippen LogP) is 1.55. The molecule has 25 heavy (non-hydrogen) atoms. The van der Waals surface area contributed by atoms with Crippen LogP contribution in [-0.2, 0) is 18.3 Å². The van der Waals surface area contributed by atoms with E-state index in [-0.39, 0.29) is 25.3 Å². The fraction of sp³-hybridized carbons (Fsp3) is 0.368. The number of carboxylic acids is 1. The van der Waals surface area contributed by atoms with Crippen molar-refractivity contribution in [1.29, 1.82) is 0 Å². The lowest BCUT2D eigenvalue weighted by Gasteiger charge is -2.42. The first-order chi connectivity index (χ1) is 11.9. The summed E-state index contributed by atoms with van der Waals surface area (Å²) in [6.45, 7) is 0.323. The molecule has 0 aliphatic carbocycles. The van der Waals surface area contributed by atoms with Crippen LogP contribution in [0.15, 0.2) is 48.7 Å². The highest BCUT2D eigenvalue weighted by Crippen LogP contribution is 2.36. The van der Waals surface area contributed by atoms with Crippen LogP contribution in [0.4, 0.5) is 0 Å². The molecule has 3 rings (SSSR count). The first-order valence-electron chi connectivity index (χ1n) is 8.30. The van der Waals surface area contributed by atoms with Gasteiger partial charge in [0.1, 0.15) is 11.1 Å². The van der Waals surface area contributed by atoms with Gasteiger partial charge in [0.15, 0.2) is 0 Å². The summed E-state index contributed by atoms with van der Waals surface area (Å²) in [5.41, 5.74) is 0.121. The van der Waals surface area contributed by atoms with Crippen LogP contribution in [0.2, 0.25) is 0 Å². The fourth-order valence-corrected chi connectivity index (χ4v) is 3.50. The number of hydrogen-bond donors (Lipinski definition) is 2. The maximum Gasteiger partial charge on any atom is 0.312 e. The standard InChI is InChI=1S/C19H22N2O4/c1-20-10-5-8-15(20)17(23)21-11-9-19(18(24)25,16(22)13-21)12-14-6-3-2-4-7-14/h2-8,10,16,22H,9,11-13H2,1H3,(H,24,25)/t16-,19-/m1/s1. The second kappa shape index (κ2) is 6.72. The lowest BCUT2D eigenvalue weighted by atomic mass is 9.71. The molecule has 1 saturated heterocycles. The smallest absolute Gasteiger partial charge is 0.312 e. The number of aliphatic hydroxyl groups is 1. The van der Waals surface area contributed by atoms with Crippen LogP contribution in [-0.4, -0.2) is 50.8 Å². The van der Waals surface area contributed by atoms with Crippen LogP contribution in [0.5, 0.6) is 0 Å². The molecule has 2 N–H and O–H groups in total. The molecule has 0 spiro atoms. The molecule has 0 bridgehead atoms. The minimum Gasteiger partial charge on any atom is -0.481 e. The number of carbonyl (C=O) groups is 2. The first-order valence-corrected chi connectivity index (χ1v) is 8.30. The number of nitrogens with zero attached hydrogens (tertiary/aromatic N) is 2. The first kappa shape index (κ1) is 17.2.